The van der Waals surface area contributed by atoms with Crippen molar-refractivity contribution in [3.8, 4) is 0 Å². The Bertz CT molecular complexity index is 466. The van der Waals surface area contributed by atoms with Crippen LogP contribution in [-0.2, 0) is 4.79 Å². The van der Waals surface area contributed by atoms with Crippen LogP contribution < -0.4 is 4.90 Å². The Morgan fingerprint density at radius 2 is 2.18 bits per heavy atom. The second kappa shape index (κ2) is 4.56. The van der Waals surface area contributed by atoms with Gasteiger partial charge in [-0.3, -0.25) is 4.79 Å². The Kier molecular flexibility index (Phi) is 3.28. The van der Waals surface area contributed by atoms with Crippen LogP contribution in [0.5, 0.6) is 0 Å². The molecule has 90 valence electrons. The Hall–Kier alpha value is -1.23. The molecule has 0 aromatic heterocycles. The third-order valence-corrected chi connectivity index (χ3v) is 3.34. The molecular formula is C12H10BrF2NO. The smallest absolute Gasteiger partial charge is 0.227 e. The van der Waals surface area contributed by atoms with Gasteiger partial charge in [0.2, 0.25) is 5.91 Å². The first kappa shape index (κ1) is 12.2. The lowest BCUT2D eigenvalue weighted by Gasteiger charge is -2.18. The van der Waals surface area contributed by atoms with Gasteiger partial charge in [0.15, 0.2) is 5.82 Å². The van der Waals surface area contributed by atoms with Crippen molar-refractivity contribution in [1.29, 1.82) is 0 Å². The molecular weight excluding hydrogens is 292 g/mol. The largest absolute Gasteiger partial charge is 0.308 e. The molecule has 2 nitrogen and oxygen atoms in total. The highest BCUT2D eigenvalue weighted by Crippen LogP contribution is 2.34. The minimum Gasteiger partial charge on any atom is -0.308 e. The number of rotatable bonds is 2. The number of hydrogen-bond donors (Lipinski definition) is 0. The quantitative estimate of drug-likeness (QED) is 0.768. The molecule has 1 aromatic rings. The van der Waals surface area contributed by atoms with Crippen LogP contribution in [0.4, 0.5) is 14.5 Å². The van der Waals surface area contributed by atoms with Crippen molar-refractivity contribution in [2.75, 3.05) is 11.4 Å². The Balaban J connectivity index is 2.41. The molecule has 1 saturated heterocycles. The van der Waals surface area contributed by atoms with Crippen LogP contribution in [0.1, 0.15) is 6.42 Å². The van der Waals surface area contributed by atoms with Crippen molar-refractivity contribution in [3.05, 3.63) is 40.9 Å². The zero-order valence-corrected chi connectivity index (χ0v) is 10.5. The summed E-state index contributed by atoms with van der Waals surface area (Å²) < 4.78 is 26.9. The van der Waals surface area contributed by atoms with Crippen molar-refractivity contribution in [3.63, 3.8) is 0 Å². The zero-order chi connectivity index (χ0) is 12.6. The third kappa shape index (κ3) is 2.24. The summed E-state index contributed by atoms with van der Waals surface area (Å²) in [5, 5.41) is 0. The van der Waals surface area contributed by atoms with E-state index < -0.39 is 11.6 Å². The van der Waals surface area contributed by atoms with Crippen molar-refractivity contribution in [1.82, 2.24) is 0 Å². The van der Waals surface area contributed by atoms with E-state index in [1.807, 2.05) is 0 Å². The lowest BCUT2D eigenvalue weighted by atomic mass is 10.1. The third-order valence-electron chi connectivity index (χ3n) is 2.74. The molecule has 17 heavy (non-hydrogen) atoms. The second-order valence-electron chi connectivity index (χ2n) is 3.92. The van der Waals surface area contributed by atoms with Crippen molar-refractivity contribution < 1.29 is 13.6 Å². The summed E-state index contributed by atoms with van der Waals surface area (Å²) in [6, 6.07) is 1.92. The molecule has 1 amide bonds. The van der Waals surface area contributed by atoms with Gasteiger partial charge in [-0.1, -0.05) is 6.08 Å². The molecule has 0 saturated carbocycles. The number of hydrogen-bond acceptors (Lipinski definition) is 1. The van der Waals surface area contributed by atoms with Crippen LogP contribution in [0, 0.1) is 17.6 Å². The van der Waals surface area contributed by atoms with Gasteiger partial charge in [-0.05, 0) is 22.0 Å². The maximum Gasteiger partial charge on any atom is 0.227 e. The molecule has 1 heterocycles. The lowest BCUT2D eigenvalue weighted by Crippen LogP contribution is -2.26. The highest BCUT2D eigenvalue weighted by atomic mass is 79.9. The fourth-order valence-electron chi connectivity index (χ4n) is 1.90. The van der Waals surface area contributed by atoms with E-state index in [2.05, 4.69) is 22.5 Å². The summed E-state index contributed by atoms with van der Waals surface area (Å²) in [6.45, 7) is 4.00. The van der Waals surface area contributed by atoms with Crippen LogP contribution >= 0.6 is 15.9 Å². The van der Waals surface area contributed by atoms with Gasteiger partial charge in [0.25, 0.3) is 0 Å². The molecule has 1 aliphatic heterocycles. The van der Waals surface area contributed by atoms with Gasteiger partial charge in [0, 0.05) is 29.4 Å². The minimum atomic E-state index is -0.741. The summed E-state index contributed by atoms with van der Waals surface area (Å²) in [6.07, 6.45) is 1.99. The predicted molar refractivity (Wildman–Crippen MR) is 64.7 cm³/mol. The predicted octanol–water partition coefficient (Wildman–Crippen LogP) is 3.27. The number of carbonyl (C=O) groups is 1. The topological polar surface area (TPSA) is 20.3 Å². The standard InChI is InChI=1S/C12H10BrF2NO/c1-2-7-3-11(17)16(6-7)12-9(13)4-8(14)5-10(12)15/h2,4-5,7H,1,3,6H2. The molecule has 1 fully saturated rings. The van der Waals surface area contributed by atoms with Gasteiger partial charge in [-0.2, -0.15) is 0 Å². The highest BCUT2D eigenvalue weighted by Gasteiger charge is 2.31. The second-order valence-corrected chi connectivity index (χ2v) is 4.78. The first-order chi connectivity index (χ1) is 8.02. The van der Waals surface area contributed by atoms with Gasteiger partial charge in [0.05, 0.1) is 5.69 Å². The van der Waals surface area contributed by atoms with E-state index >= 15 is 0 Å². The molecule has 0 bridgehead atoms. The van der Waals surface area contributed by atoms with E-state index in [1.54, 1.807) is 6.08 Å². The van der Waals surface area contributed by atoms with Crippen molar-refractivity contribution in [2.45, 2.75) is 6.42 Å². The SMILES string of the molecule is C=CC1CC(=O)N(c2c(F)cc(F)cc2Br)C1. The Morgan fingerprint density at radius 1 is 1.47 bits per heavy atom. The molecule has 5 heteroatoms. The van der Waals surface area contributed by atoms with Gasteiger partial charge >= 0.3 is 0 Å². The molecule has 0 aliphatic carbocycles. The van der Waals surface area contributed by atoms with Crippen LogP contribution in [0.25, 0.3) is 0 Å². The van der Waals surface area contributed by atoms with Crippen LogP contribution in [0.15, 0.2) is 29.3 Å². The summed E-state index contributed by atoms with van der Waals surface area (Å²) in [5.41, 5.74) is 0.0979. The molecule has 0 radical (unpaired) electrons. The number of benzene rings is 1. The molecule has 1 unspecified atom stereocenters. The zero-order valence-electron chi connectivity index (χ0n) is 8.92. The van der Waals surface area contributed by atoms with Crippen LogP contribution in [0.3, 0.4) is 0 Å². The van der Waals surface area contributed by atoms with Gasteiger partial charge in [-0.15, -0.1) is 6.58 Å². The van der Waals surface area contributed by atoms with Gasteiger partial charge in [0.1, 0.15) is 5.82 Å². The first-order valence-corrected chi connectivity index (χ1v) is 5.89. The maximum absolute atomic E-state index is 13.7. The molecule has 1 atom stereocenters. The number of nitrogens with zero attached hydrogens (tertiary/aromatic N) is 1. The normalized spacial score (nSPS) is 19.8. The van der Waals surface area contributed by atoms with E-state index in [-0.39, 0.29) is 22.0 Å². The number of carbonyl (C=O) groups excluding carboxylic acids is 1. The van der Waals surface area contributed by atoms with E-state index in [1.165, 1.54) is 4.90 Å². The summed E-state index contributed by atoms with van der Waals surface area (Å²) in [7, 11) is 0. The number of halogens is 3. The maximum atomic E-state index is 13.7. The van der Waals surface area contributed by atoms with Crippen molar-refractivity contribution in [2.24, 2.45) is 5.92 Å². The summed E-state index contributed by atoms with van der Waals surface area (Å²) in [5.74, 6) is -1.58. The first-order valence-electron chi connectivity index (χ1n) is 5.10. The number of anilines is 1. The van der Waals surface area contributed by atoms with Crippen LogP contribution in [0.2, 0.25) is 0 Å². The average Bonchev–Trinajstić information content (AvgIpc) is 2.59. The average molecular weight is 302 g/mol. The van der Waals surface area contributed by atoms with Crippen LogP contribution in [-0.4, -0.2) is 12.5 Å². The van der Waals surface area contributed by atoms with E-state index in [0.29, 0.717) is 13.0 Å². The monoisotopic (exact) mass is 301 g/mol. The van der Waals surface area contributed by atoms with E-state index in [0.717, 1.165) is 12.1 Å². The molecule has 0 N–H and O–H groups in total. The Morgan fingerprint density at radius 3 is 2.71 bits per heavy atom. The van der Waals surface area contributed by atoms with Crippen molar-refractivity contribution >= 4 is 27.5 Å². The minimum absolute atomic E-state index is 0.0128. The van der Waals surface area contributed by atoms with E-state index in [9.17, 15) is 13.6 Å². The molecule has 1 aliphatic rings. The molecule has 1 aromatic carbocycles. The lowest BCUT2D eigenvalue weighted by molar-refractivity contribution is -0.117. The summed E-state index contributed by atoms with van der Waals surface area (Å²) >= 11 is 3.08. The fraction of sp³-hybridized carbons (Fsp3) is 0.250. The Labute approximate surface area is 106 Å². The fourth-order valence-corrected chi connectivity index (χ4v) is 2.52. The van der Waals surface area contributed by atoms with E-state index in [4.69, 9.17) is 0 Å². The highest BCUT2D eigenvalue weighted by molar-refractivity contribution is 9.10. The molecule has 0 spiro atoms. The summed E-state index contributed by atoms with van der Waals surface area (Å²) in [4.78, 5) is 13.1. The number of amides is 1. The van der Waals surface area contributed by atoms with Gasteiger partial charge < -0.3 is 4.90 Å². The molecule has 2 rings (SSSR count). The van der Waals surface area contributed by atoms with Gasteiger partial charge in [-0.25, -0.2) is 8.78 Å².